The van der Waals surface area contributed by atoms with Crippen LogP contribution >= 0.6 is 15.9 Å². The van der Waals surface area contributed by atoms with Crippen LogP contribution in [0.5, 0.6) is 0 Å². The Bertz CT molecular complexity index is 531. The molecule has 2 aromatic rings. The molecule has 2 nitrogen and oxygen atoms in total. The summed E-state index contributed by atoms with van der Waals surface area (Å²) in [6.07, 6.45) is -4.32. The highest BCUT2D eigenvalue weighted by molar-refractivity contribution is 9.10. The van der Waals surface area contributed by atoms with Gasteiger partial charge >= 0.3 is 6.18 Å². The van der Waals surface area contributed by atoms with Gasteiger partial charge in [0, 0.05) is 11.9 Å². The van der Waals surface area contributed by atoms with Crippen molar-refractivity contribution in [2.75, 3.05) is 0 Å². The van der Waals surface area contributed by atoms with E-state index in [0.717, 1.165) is 12.1 Å². The van der Waals surface area contributed by atoms with E-state index in [9.17, 15) is 13.2 Å². The lowest BCUT2D eigenvalue weighted by atomic mass is 10.1. The highest BCUT2D eigenvalue weighted by Gasteiger charge is 2.31. The number of aryl methyl sites for hydroxylation is 1. The molecule has 0 aliphatic rings. The largest absolute Gasteiger partial charge is 0.416 e. The Morgan fingerprint density at radius 1 is 1.38 bits per heavy atom. The van der Waals surface area contributed by atoms with Gasteiger partial charge in [-0.05, 0) is 41.1 Å². The number of halogens is 4. The van der Waals surface area contributed by atoms with Gasteiger partial charge in [-0.25, -0.2) is 0 Å². The molecule has 0 unspecified atom stereocenters. The van der Waals surface area contributed by atoms with Crippen LogP contribution in [0.25, 0.3) is 10.9 Å². The number of benzene rings is 1. The Balaban J connectivity index is 2.69. The van der Waals surface area contributed by atoms with E-state index in [2.05, 4.69) is 21.0 Å². The van der Waals surface area contributed by atoms with Crippen molar-refractivity contribution >= 4 is 26.8 Å². The summed E-state index contributed by atoms with van der Waals surface area (Å²) >= 11 is 3.22. The number of aromatic nitrogens is 2. The smallest absolute Gasteiger partial charge is 0.264 e. The average molecular weight is 293 g/mol. The maximum absolute atomic E-state index is 12.5. The Morgan fingerprint density at radius 3 is 2.62 bits per heavy atom. The molecule has 0 saturated carbocycles. The summed E-state index contributed by atoms with van der Waals surface area (Å²) in [4.78, 5) is 0. The fourth-order valence-corrected chi connectivity index (χ4v) is 2.08. The highest BCUT2D eigenvalue weighted by Crippen LogP contribution is 2.33. The lowest BCUT2D eigenvalue weighted by Gasteiger charge is -2.06. The molecule has 0 aliphatic carbocycles. The number of rotatable bonds is 1. The van der Waals surface area contributed by atoms with Crippen LogP contribution in [0.1, 0.15) is 12.5 Å². The second-order valence-corrected chi connectivity index (χ2v) is 4.09. The molecule has 0 N–H and O–H groups in total. The zero-order valence-electron chi connectivity index (χ0n) is 8.35. The van der Waals surface area contributed by atoms with Gasteiger partial charge in [-0.3, -0.25) is 4.68 Å². The maximum atomic E-state index is 12.5. The van der Waals surface area contributed by atoms with Crippen LogP contribution < -0.4 is 0 Å². The molecular formula is C10H8BrF3N2. The van der Waals surface area contributed by atoms with Gasteiger partial charge in [-0.15, -0.1) is 0 Å². The van der Waals surface area contributed by atoms with Crippen molar-refractivity contribution in [3.05, 3.63) is 28.4 Å². The van der Waals surface area contributed by atoms with Crippen LogP contribution in [-0.2, 0) is 12.7 Å². The molecule has 0 radical (unpaired) electrons. The van der Waals surface area contributed by atoms with Crippen molar-refractivity contribution in [3.8, 4) is 0 Å². The molecule has 1 aromatic carbocycles. The maximum Gasteiger partial charge on any atom is 0.416 e. The van der Waals surface area contributed by atoms with E-state index in [1.54, 1.807) is 0 Å². The van der Waals surface area contributed by atoms with Crippen molar-refractivity contribution in [1.29, 1.82) is 0 Å². The van der Waals surface area contributed by atoms with Crippen molar-refractivity contribution in [1.82, 2.24) is 9.78 Å². The Hall–Kier alpha value is -1.04. The Kier molecular flexibility index (Phi) is 2.69. The van der Waals surface area contributed by atoms with Crippen LogP contribution in [0.15, 0.2) is 22.8 Å². The lowest BCUT2D eigenvalue weighted by Crippen LogP contribution is -2.05. The molecule has 6 heteroatoms. The van der Waals surface area contributed by atoms with Gasteiger partial charge in [0.05, 0.1) is 11.1 Å². The van der Waals surface area contributed by atoms with Gasteiger partial charge in [-0.1, -0.05) is 0 Å². The first-order chi connectivity index (χ1) is 7.43. The highest BCUT2D eigenvalue weighted by atomic mass is 79.9. The second-order valence-electron chi connectivity index (χ2n) is 3.34. The second kappa shape index (κ2) is 3.76. The number of fused-ring (bicyclic) bond motifs is 1. The predicted molar refractivity (Wildman–Crippen MR) is 58.1 cm³/mol. The number of alkyl halides is 3. The third-order valence-electron chi connectivity index (χ3n) is 2.33. The Morgan fingerprint density at radius 2 is 2.06 bits per heavy atom. The minimum absolute atomic E-state index is 0.490. The fourth-order valence-electron chi connectivity index (χ4n) is 1.55. The summed E-state index contributed by atoms with van der Waals surface area (Å²) < 4.78 is 39.7. The molecule has 0 fully saturated rings. The van der Waals surface area contributed by atoms with E-state index in [1.807, 2.05) is 6.92 Å². The monoisotopic (exact) mass is 292 g/mol. The summed E-state index contributed by atoms with van der Waals surface area (Å²) in [6.45, 7) is 2.36. The first kappa shape index (κ1) is 11.4. The minimum Gasteiger partial charge on any atom is -0.264 e. The number of hydrogen-bond acceptors (Lipinski definition) is 1. The van der Waals surface area contributed by atoms with Gasteiger partial charge in [0.2, 0.25) is 0 Å². The van der Waals surface area contributed by atoms with E-state index in [-0.39, 0.29) is 0 Å². The molecule has 2 rings (SSSR count). The zero-order chi connectivity index (χ0) is 11.9. The molecule has 0 atom stereocenters. The van der Waals surface area contributed by atoms with Gasteiger partial charge < -0.3 is 0 Å². The topological polar surface area (TPSA) is 17.8 Å². The SMILES string of the molecule is CCn1nc(Br)c2ccc(C(F)(F)F)cc21. The van der Waals surface area contributed by atoms with Crippen molar-refractivity contribution in [2.45, 2.75) is 19.6 Å². The van der Waals surface area contributed by atoms with E-state index < -0.39 is 11.7 Å². The molecule has 0 aliphatic heterocycles. The molecule has 0 amide bonds. The van der Waals surface area contributed by atoms with Gasteiger partial charge in [0.1, 0.15) is 4.60 Å². The van der Waals surface area contributed by atoms with E-state index in [1.165, 1.54) is 10.7 Å². The predicted octanol–water partition coefficient (Wildman–Crippen LogP) is 3.84. The van der Waals surface area contributed by atoms with Crippen molar-refractivity contribution < 1.29 is 13.2 Å². The molecule has 16 heavy (non-hydrogen) atoms. The molecule has 0 saturated heterocycles. The summed E-state index contributed by atoms with van der Waals surface area (Å²) in [5.41, 5.74) is -0.161. The van der Waals surface area contributed by atoms with Gasteiger partial charge in [-0.2, -0.15) is 18.3 Å². The van der Waals surface area contributed by atoms with Crippen LogP contribution in [0.4, 0.5) is 13.2 Å². The lowest BCUT2D eigenvalue weighted by molar-refractivity contribution is -0.137. The van der Waals surface area contributed by atoms with Gasteiger partial charge in [0.15, 0.2) is 0 Å². The molecule has 86 valence electrons. The van der Waals surface area contributed by atoms with E-state index in [4.69, 9.17) is 0 Å². The normalized spacial score (nSPS) is 12.3. The minimum atomic E-state index is -4.32. The molecule has 0 spiro atoms. The van der Waals surface area contributed by atoms with Crippen LogP contribution in [-0.4, -0.2) is 9.78 Å². The summed E-state index contributed by atoms with van der Waals surface area (Å²) in [5, 5.41) is 4.79. The summed E-state index contributed by atoms with van der Waals surface area (Å²) in [6, 6.07) is 3.62. The van der Waals surface area contributed by atoms with E-state index in [0.29, 0.717) is 22.1 Å². The third kappa shape index (κ3) is 1.81. The standard InChI is InChI=1S/C10H8BrF3N2/c1-2-16-8-5-6(10(12,13)14)3-4-7(8)9(11)15-16/h3-5H,2H2,1H3. The first-order valence-corrected chi connectivity index (χ1v) is 5.46. The number of nitrogens with zero attached hydrogens (tertiary/aromatic N) is 2. The third-order valence-corrected chi connectivity index (χ3v) is 2.92. The zero-order valence-corrected chi connectivity index (χ0v) is 9.93. The quantitative estimate of drug-likeness (QED) is 0.781. The Labute approximate surface area is 98.2 Å². The molecule has 1 heterocycles. The molecular weight excluding hydrogens is 285 g/mol. The van der Waals surface area contributed by atoms with Crippen molar-refractivity contribution in [3.63, 3.8) is 0 Å². The average Bonchev–Trinajstić information content (AvgIpc) is 2.54. The van der Waals surface area contributed by atoms with E-state index >= 15 is 0 Å². The van der Waals surface area contributed by atoms with Crippen LogP contribution in [0.3, 0.4) is 0 Å². The molecule has 1 aromatic heterocycles. The fraction of sp³-hybridized carbons (Fsp3) is 0.300. The van der Waals surface area contributed by atoms with Crippen LogP contribution in [0.2, 0.25) is 0 Å². The number of hydrogen-bond donors (Lipinski definition) is 0. The summed E-state index contributed by atoms with van der Waals surface area (Å²) in [5.74, 6) is 0. The van der Waals surface area contributed by atoms with Gasteiger partial charge in [0.25, 0.3) is 0 Å². The van der Waals surface area contributed by atoms with Crippen molar-refractivity contribution in [2.24, 2.45) is 0 Å². The first-order valence-electron chi connectivity index (χ1n) is 4.66. The summed E-state index contributed by atoms with van der Waals surface area (Å²) in [7, 11) is 0. The molecule has 0 bridgehead atoms. The van der Waals surface area contributed by atoms with Crippen LogP contribution in [0, 0.1) is 0 Å².